The average Bonchev–Trinajstić information content (AvgIpc) is 2.80. The predicted octanol–water partition coefficient (Wildman–Crippen LogP) is 2.60. The molecule has 1 aromatic rings. The van der Waals surface area contributed by atoms with Crippen LogP contribution in [0.4, 0.5) is 0 Å². The first-order valence-corrected chi connectivity index (χ1v) is 6.43. The molecule has 0 spiro atoms. The minimum Gasteiger partial charge on any atom is -0.321 e. The van der Waals surface area contributed by atoms with Gasteiger partial charge in [0, 0.05) is 7.05 Å². The summed E-state index contributed by atoms with van der Waals surface area (Å²) in [7, 11) is 1.95. The largest absolute Gasteiger partial charge is 0.321 e. The van der Waals surface area contributed by atoms with E-state index in [1.807, 2.05) is 11.6 Å². The van der Waals surface area contributed by atoms with Crippen LogP contribution in [0.25, 0.3) is 0 Å². The third-order valence-corrected chi connectivity index (χ3v) is 4.11. The van der Waals surface area contributed by atoms with Crippen LogP contribution in [0.5, 0.6) is 0 Å². The van der Waals surface area contributed by atoms with Gasteiger partial charge in [-0.3, -0.25) is 0 Å². The summed E-state index contributed by atoms with van der Waals surface area (Å²) in [5.41, 5.74) is 0. The molecule has 4 heteroatoms. The van der Waals surface area contributed by atoms with Gasteiger partial charge in [-0.15, -0.1) is 0 Å². The van der Waals surface area contributed by atoms with Gasteiger partial charge in [-0.25, -0.2) is 4.98 Å². The number of nitrogens with zero attached hydrogens (tertiary/aromatic N) is 2. The molecule has 0 bridgehead atoms. The highest BCUT2D eigenvalue weighted by Crippen LogP contribution is 2.30. The number of nitrogens with one attached hydrogen (secondary N) is 1. The number of imidazole rings is 1. The molecule has 16 heavy (non-hydrogen) atoms. The number of hydrogen-bond donors (Lipinski definition) is 1. The second-order valence-corrected chi connectivity index (χ2v) is 5.24. The van der Waals surface area contributed by atoms with Crippen LogP contribution in [-0.2, 0) is 13.6 Å². The van der Waals surface area contributed by atoms with E-state index in [0.29, 0.717) is 5.15 Å². The fourth-order valence-electron chi connectivity index (χ4n) is 2.48. The Balaban J connectivity index is 1.77. The Morgan fingerprint density at radius 2 is 2.38 bits per heavy atom. The van der Waals surface area contributed by atoms with E-state index in [-0.39, 0.29) is 0 Å². The van der Waals surface area contributed by atoms with Crippen molar-refractivity contribution in [3.8, 4) is 0 Å². The predicted molar refractivity (Wildman–Crippen MR) is 66.4 cm³/mol. The highest BCUT2D eigenvalue weighted by atomic mass is 35.5. The molecule has 1 aromatic heterocycles. The first-order valence-electron chi connectivity index (χ1n) is 6.05. The highest BCUT2D eigenvalue weighted by molar-refractivity contribution is 6.29. The van der Waals surface area contributed by atoms with E-state index in [0.717, 1.165) is 30.7 Å². The van der Waals surface area contributed by atoms with Gasteiger partial charge in [0.05, 0.1) is 12.7 Å². The fraction of sp³-hybridized carbons (Fsp3) is 0.750. The maximum atomic E-state index is 5.93. The molecule has 2 unspecified atom stereocenters. The van der Waals surface area contributed by atoms with Crippen LogP contribution < -0.4 is 5.32 Å². The zero-order valence-corrected chi connectivity index (χ0v) is 10.8. The topological polar surface area (TPSA) is 29.9 Å². The summed E-state index contributed by atoms with van der Waals surface area (Å²) in [5, 5.41) is 4.19. The van der Waals surface area contributed by atoms with Gasteiger partial charge >= 0.3 is 0 Å². The third kappa shape index (κ3) is 2.58. The van der Waals surface area contributed by atoms with Gasteiger partial charge in [0.25, 0.3) is 0 Å². The Morgan fingerprint density at radius 1 is 1.56 bits per heavy atom. The summed E-state index contributed by atoms with van der Waals surface area (Å²) in [6.07, 6.45) is 5.86. The maximum Gasteiger partial charge on any atom is 0.128 e. The van der Waals surface area contributed by atoms with Gasteiger partial charge in [-0.1, -0.05) is 31.4 Å². The molecular formula is C12H20ClN3. The van der Waals surface area contributed by atoms with Crippen molar-refractivity contribution < 1.29 is 0 Å². The highest BCUT2D eigenvalue weighted by Gasteiger charge is 2.22. The molecule has 1 aliphatic carbocycles. The molecule has 0 aliphatic heterocycles. The lowest BCUT2D eigenvalue weighted by molar-refractivity contribution is 0.389. The van der Waals surface area contributed by atoms with Crippen molar-refractivity contribution >= 4 is 11.6 Å². The zero-order valence-electron chi connectivity index (χ0n) is 10.0. The molecule has 90 valence electrons. The molecule has 2 rings (SSSR count). The van der Waals surface area contributed by atoms with E-state index in [2.05, 4.69) is 17.2 Å². The van der Waals surface area contributed by atoms with Crippen LogP contribution in [0.1, 0.15) is 32.0 Å². The summed E-state index contributed by atoms with van der Waals surface area (Å²) < 4.78 is 1.92. The molecule has 2 atom stereocenters. The van der Waals surface area contributed by atoms with Crippen LogP contribution >= 0.6 is 11.6 Å². The second kappa shape index (κ2) is 5.19. The number of rotatable bonds is 4. The summed E-state index contributed by atoms with van der Waals surface area (Å²) in [6, 6.07) is 0. The Morgan fingerprint density at radius 3 is 2.94 bits per heavy atom. The molecular weight excluding hydrogens is 222 g/mol. The third-order valence-electron chi connectivity index (χ3n) is 3.76. The summed E-state index contributed by atoms with van der Waals surface area (Å²) in [4.78, 5) is 4.27. The first kappa shape index (κ1) is 11.9. The smallest absolute Gasteiger partial charge is 0.128 e. The summed E-state index contributed by atoms with van der Waals surface area (Å²) in [6.45, 7) is 4.27. The average molecular weight is 242 g/mol. The van der Waals surface area contributed by atoms with Crippen molar-refractivity contribution in [2.24, 2.45) is 18.9 Å². The molecule has 1 saturated carbocycles. The van der Waals surface area contributed by atoms with Crippen molar-refractivity contribution in [1.82, 2.24) is 14.9 Å². The minimum atomic E-state index is 0.700. The summed E-state index contributed by atoms with van der Waals surface area (Å²) in [5.74, 6) is 2.73. The second-order valence-electron chi connectivity index (χ2n) is 4.86. The molecule has 0 aromatic carbocycles. The lowest BCUT2D eigenvalue weighted by atomic mass is 9.98. The van der Waals surface area contributed by atoms with Crippen LogP contribution in [0, 0.1) is 11.8 Å². The van der Waals surface area contributed by atoms with Crippen molar-refractivity contribution in [3.63, 3.8) is 0 Å². The zero-order chi connectivity index (χ0) is 11.5. The van der Waals surface area contributed by atoms with E-state index in [1.165, 1.54) is 19.3 Å². The van der Waals surface area contributed by atoms with E-state index < -0.39 is 0 Å². The van der Waals surface area contributed by atoms with Crippen LogP contribution in [0.3, 0.4) is 0 Å². The van der Waals surface area contributed by atoms with Crippen molar-refractivity contribution in [2.75, 3.05) is 6.54 Å². The molecule has 0 amide bonds. The van der Waals surface area contributed by atoms with Gasteiger partial charge in [0.1, 0.15) is 11.0 Å². The number of aromatic nitrogens is 2. The standard InChI is InChI=1S/C12H20ClN3/c1-9-4-3-5-10(9)6-14-8-12-15-7-11(13)16(12)2/h7,9-10,14H,3-6,8H2,1-2H3. The lowest BCUT2D eigenvalue weighted by Gasteiger charge is -2.15. The van der Waals surface area contributed by atoms with E-state index in [4.69, 9.17) is 11.6 Å². The number of halogens is 1. The van der Waals surface area contributed by atoms with Gasteiger partial charge in [-0.05, 0) is 24.8 Å². The van der Waals surface area contributed by atoms with Gasteiger partial charge in [-0.2, -0.15) is 0 Å². The normalized spacial score (nSPS) is 25.2. The Bertz CT molecular complexity index is 348. The van der Waals surface area contributed by atoms with Crippen LogP contribution in [-0.4, -0.2) is 16.1 Å². The van der Waals surface area contributed by atoms with E-state index in [1.54, 1.807) is 6.20 Å². The number of hydrogen-bond acceptors (Lipinski definition) is 2. The lowest BCUT2D eigenvalue weighted by Crippen LogP contribution is -2.25. The SMILES string of the molecule is CC1CCCC1CNCc1ncc(Cl)n1C. The van der Waals surface area contributed by atoms with E-state index in [9.17, 15) is 0 Å². The Kier molecular flexibility index (Phi) is 3.87. The Hall–Kier alpha value is -0.540. The quantitative estimate of drug-likeness (QED) is 0.878. The van der Waals surface area contributed by atoms with Gasteiger partial charge in [0.2, 0.25) is 0 Å². The summed E-state index contributed by atoms with van der Waals surface area (Å²) >= 11 is 5.93. The molecule has 3 nitrogen and oxygen atoms in total. The Labute approximate surface area is 102 Å². The fourth-order valence-corrected chi connectivity index (χ4v) is 2.63. The van der Waals surface area contributed by atoms with Gasteiger partial charge in [0.15, 0.2) is 0 Å². The van der Waals surface area contributed by atoms with Crippen molar-refractivity contribution in [3.05, 3.63) is 17.2 Å². The monoisotopic (exact) mass is 241 g/mol. The first-order chi connectivity index (χ1) is 7.68. The van der Waals surface area contributed by atoms with E-state index >= 15 is 0 Å². The maximum absolute atomic E-state index is 5.93. The van der Waals surface area contributed by atoms with Crippen LogP contribution in [0.2, 0.25) is 5.15 Å². The molecule has 1 N–H and O–H groups in total. The molecule has 1 aliphatic rings. The molecule has 0 saturated heterocycles. The molecule has 1 fully saturated rings. The molecule has 0 radical (unpaired) electrons. The van der Waals surface area contributed by atoms with Crippen LogP contribution in [0.15, 0.2) is 6.20 Å². The molecule has 1 heterocycles. The van der Waals surface area contributed by atoms with Gasteiger partial charge < -0.3 is 9.88 Å². The van der Waals surface area contributed by atoms with Crippen molar-refractivity contribution in [1.29, 1.82) is 0 Å². The van der Waals surface area contributed by atoms with Crippen molar-refractivity contribution in [2.45, 2.75) is 32.7 Å². The minimum absolute atomic E-state index is 0.700.